The molecule has 0 amide bonds. The minimum atomic E-state index is -2.29. The standard InChI is InChI=1S/C20H18F4O/c1-3-5-6-11-7-8-12-13-9-10-14(25-4-2)18(22)16(13)20(24)19(23)15(12)17(11)21/h3,7-10,19-20H,1,4-6H2,2H3. The molecular weight excluding hydrogens is 332 g/mol. The average molecular weight is 350 g/mol. The predicted molar refractivity (Wildman–Crippen MR) is 89.2 cm³/mol. The van der Waals surface area contributed by atoms with Crippen LogP contribution in [0, 0.1) is 11.6 Å². The lowest BCUT2D eigenvalue weighted by Crippen LogP contribution is -2.16. The van der Waals surface area contributed by atoms with Crippen molar-refractivity contribution in [3.63, 3.8) is 0 Å². The van der Waals surface area contributed by atoms with Gasteiger partial charge in [0.2, 0.25) is 0 Å². The first kappa shape index (κ1) is 17.5. The summed E-state index contributed by atoms with van der Waals surface area (Å²) in [5.74, 6) is -1.84. The summed E-state index contributed by atoms with van der Waals surface area (Å²) >= 11 is 0. The molecule has 2 unspecified atom stereocenters. The highest BCUT2D eigenvalue weighted by Crippen LogP contribution is 2.51. The third-order valence-corrected chi connectivity index (χ3v) is 4.42. The number of fused-ring (bicyclic) bond motifs is 3. The molecule has 0 saturated heterocycles. The van der Waals surface area contributed by atoms with E-state index in [1.54, 1.807) is 13.0 Å². The van der Waals surface area contributed by atoms with Crippen LogP contribution in [-0.4, -0.2) is 6.61 Å². The van der Waals surface area contributed by atoms with Crippen molar-refractivity contribution in [1.82, 2.24) is 0 Å². The topological polar surface area (TPSA) is 9.23 Å². The molecule has 0 heterocycles. The van der Waals surface area contributed by atoms with E-state index in [2.05, 4.69) is 6.58 Å². The largest absolute Gasteiger partial charge is 0.491 e. The Morgan fingerprint density at radius 3 is 2.20 bits per heavy atom. The Morgan fingerprint density at radius 1 is 1.00 bits per heavy atom. The maximum atomic E-state index is 14.7. The van der Waals surface area contributed by atoms with E-state index < -0.39 is 29.5 Å². The zero-order valence-electron chi connectivity index (χ0n) is 13.8. The fourth-order valence-corrected chi connectivity index (χ4v) is 3.23. The molecule has 1 aliphatic carbocycles. The molecule has 1 nitrogen and oxygen atoms in total. The second kappa shape index (κ2) is 6.90. The van der Waals surface area contributed by atoms with Gasteiger partial charge in [0.05, 0.1) is 6.61 Å². The van der Waals surface area contributed by atoms with Gasteiger partial charge in [0, 0.05) is 11.1 Å². The van der Waals surface area contributed by atoms with Crippen LogP contribution >= 0.6 is 0 Å². The molecule has 2 aromatic rings. The number of rotatable bonds is 5. The molecule has 132 valence electrons. The first-order valence-electron chi connectivity index (χ1n) is 8.17. The van der Waals surface area contributed by atoms with Crippen molar-refractivity contribution in [3.8, 4) is 16.9 Å². The van der Waals surface area contributed by atoms with E-state index in [4.69, 9.17) is 4.74 Å². The molecule has 0 N–H and O–H groups in total. The molecule has 0 bridgehead atoms. The molecule has 25 heavy (non-hydrogen) atoms. The number of aryl methyl sites for hydroxylation is 1. The molecule has 0 saturated carbocycles. The highest BCUT2D eigenvalue weighted by molar-refractivity contribution is 5.76. The van der Waals surface area contributed by atoms with E-state index in [0.717, 1.165) is 0 Å². The maximum absolute atomic E-state index is 14.7. The Hall–Kier alpha value is -2.30. The number of hydrogen-bond donors (Lipinski definition) is 0. The van der Waals surface area contributed by atoms with Crippen molar-refractivity contribution < 1.29 is 22.3 Å². The molecule has 0 aliphatic heterocycles. The van der Waals surface area contributed by atoms with Crippen molar-refractivity contribution in [2.45, 2.75) is 32.1 Å². The summed E-state index contributed by atoms with van der Waals surface area (Å²) in [6.07, 6.45) is -2.06. The average Bonchev–Trinajstić information content (AvgIpc) is 2.60. The van der Waals surface area contributed by atoms with Crippen LogP contribution < -0.4 is 4.74 Å². The smallest absolute Gasteiger partial charge is 0.171 e. The van der Waals surface area contributed by atoms with Crippen molar-refractivity contribution >= 4 is 0 Å². The zero-order chi connectivity index (χ0) is 18.1. The summed E-state index contributed by atoms with van der Waals surface area (Å²) in [6, 6.07) is 5.86. The Bertz CT molecular complexity index is 816. The molecule has 0 spiro atoms. The predicted octanol–water partition coefficient (Wildman–Crippen LogP) is 6.18. The van der Waals surface area contributed by atoms with Gasteiger partial charge in [-0.15, -0.1) is 6.58 Å². The van der Waals surface area contributed by atoms with Gasteiger partial charge < -0.3 is 4.74 Å². The SMILES string of the molecule is C=CCCc1ccc2c(c1F)C(F)C(F)c1c-2ccc(OCC)c1F. The normalized spacial score (nSPS) is 18.4. The number of ether oxygens (including phenoxy) is 1. The molecule has 3 rings (SSSR count). The van der Waals surface area contributed by atoms with E-state index in [9.17, 15) is 17.6 Å². The molecule has 0 fully saturated rings. The van der Waals surface area contributed by atoms with Gasteiger partial charge in [-0.25, -0.2) is 17.6 Å². The third-order valence-electron chi connectivity index (χ3n) is 4.42. The van der Waals surface area contributed by atoms with E-state index in [1.807, 2.05) is 0 Å². The number of hydrogen-bond acceptors (Lipinski definition) is 1. The number of benzene rings is 2. The second-order valence-electron chi connectivity index (χ2n) is 5.90. The van der Waals surface area contributed by atoms with Crippen LogP contribution in [0.3, 0.4) is 0 Å². The minimum absolute atomic E-state index is 0.136. The molecule has 0 aromatic heterocycles. The van der Waals surface area contributed by atoms with Crippen LogP contribution in [0.15, 0.2) is 36.9 Å². The lowest BCUT2D eigenvalue weighted by molar-refractivity contribution is 0.159. The van der Waals surface area contributed by atoms with Gasteiger partial charge in [-0.2, -0.15) is 0 Å². The zero-order valence-corrected chi connectivity index (χ0v) is 13.8. The monoisotopic (exact) mass is 350 g/mol. The lowest BCUT2D eigenvalue weighted by Gasteiger charge is -2.28. The highest BCUT2D eigenvalue weighted by atomic mass is 19.2. The van der Waals surface area contributed by atoms with Crippen LogP contribution in [0.4, 0.5) is 17.6 Å². The van der Waals surface area contributed by atoms with E-state index in [0.29, 0.717) is 18.4 Å². The summed E-state index contributed by atoms with van der Waals surface area (Å²) in [7, 11) is 0. The third kappa shape index (κ3) is 2.81. The van der Waals surface area contributed by atoms with E-state index >= 15 is 0 Å². The summed E-state index contributed by atoms with van der Waals surface area (Å²) in [4.78, 5) is 0. The quantitative estimate of drug-likeness (QED) is 0.462. The van der Waals surface area contributed by atoms with E-state index in [-0.39, 0.29) is 29.0 Å². The van der Waals surface area contributed by atoms with Gasteiger partial charge >= 0.3 is 0 Å². The van der Waals surface area contributed by atoms with Gasteiger partial charge in [-0.3, -0.25) is 0 Å². The summed E-state index contributed by atoms with van der Waals surface area (Å²) in [5, 5.41) is 0. The Balaban J connectivity index is 2.19. The van der Waals surface area contributed by atoms with Gasteiger partial charge in [0.25, 0.3) is 0 Å². The van der Waals surface area contributed by atoms with Crippen molar-refractivity contribution in [2.24, 2.45) is 0 Å². The number of allylic oxidation sites excluding steroid dienone is 1. The molecule has 5 heteroatoms. The number of halogens is 4. The van der Waals surface area contributed by atoms with E-state index in [1.165, 1.54) is 24.3 Å². The second-order valence-corrected chi connectivity index (χ2v) is 5.90. The number of alkyl halides is 2. The van der Waals surface area contributed by atoms with Gasteiger partial charge in [-0.05, 0) is 42.5 Å². The molecular formula is C20H18F4O. The lowest BCUT2D eigenvalue weighted by atomic mass is 9.81. The van der Waals surface area contributed by atoms with Crippen molar-refractivity contribution in [3.05, 3.63) is 65.2 Å². The first-order valence-corrected chi connectivity index (χ1v) is 8.17. The minimum Gasteiger partial charge on any atom is -0.491 e. The fraction of sp³-hybridized carbons (Fsp3) is 0.300. The summed E-state index contributed by atoms with van der Waals surface area (Å²) in [6.45, 7) is 5.44. The van der Waals surface area contributed by atoms with Crippen LogP contribution in [0.2, 0.25) is 0 Å². The van der Waals surface area contributed by atoms with Crippen LogP contribution in [0.25, 0.3) is 11.1 Å². The molecule has 2 atom stereocenters. The van der Waals surface area contributed by atoms with Crippen molar-refractivity contribution in [2.75, 3.05) is 6.61 Å². The maximum Gasteiger partial charge on any atom is 0.171 e. The highest BCUT2D eigenvalue weighted by Gasteiger charge is 2.39. The van der Waals surface area contributed by atoms with Gasteiger partial charge in [-0.1, -0.05) is 24.3 Å². The molecule has 0 radical (unpaired) electrons. The first-order chi connectivity index (χ1) is 12.0. The molecule has 1 aliphatic rings. The Labute approximate surface area is 143 Å². The van der Waals surface area contributed by atoms with Crippen LogP contribution in [-0.2, 0) is 6.42 Å². The summed E-state index contributed by atoms with van der Waals surface area (Å²) in [5.41, 5.74) is -0.123. The Morgan fingerprint density at radius 2 is 1.60 bits per heavy atom. The molecule has 2 aromatic carbocycles. The Kier molecular flexibility index (Phi) is 4.84. The summed E-state index contributed by atoms with van der Waals surface area (Å²) < 4.78 is 63.7. The fourth-order valence-electron chi connectivity index (χ4n) is 3.23. The van der Waals surface area contributed by atoms with Crippen LogP contribution in [0.5, 0.6) is 5.75 Å². The van der Waals surface area contributed by atoms with Gasteiger partial charge in [0.1, 0.15) is 5.82 Å². The van der Waals surface area contributed by atoms with Gasteiger partial charge in [0.15, 0.2) is 23.9 Å². The van der Waals surface area contributed by atoms with Crippen LogP contribution in [0.1, 0.15) is 42.4 Å². The van der Waals surface area contributed by atoms with Crippen molar-refractivity contribution in [1.29, 1.82) is 0 Å².